The summed E-state index contributed by atoms with van der Waals surface area (Å²) in [5, 5.41) is 2.89. The smallest absolute Gasteiger partial charge is 0.251 e. The maximum absolute atomic E-state index is 12.4. The summed E-state index contributed by atoms with van der Waals surface area (Å²) in [6, 6.07) is 10.9. The molecular formula is C18H20BrNO4. The van der Waals surface area contributed by atoms with E-state index in [-0.39, 0.29) is 5.91 Å². The van der Waals surface area contributed by atoms with Crippen LogP contribution in [0.4, 0.5) is 0 Å². The fourth-order valence-electron chi connectivity index (χ4n) is 2.19. The molecule has 0 aliphatic carbocycles. The average molecular weight is 394 g/mol. The van der Waals surface area contributed by atoms with Crippen LogP contribution < -0.4 is 19.5 Å². The lowest BCUT2D eigenvalue weighted by Gasteiger charge is -2.13. The summed E-state index contributed by atoms with van der Waals surface area (Å²) in [5.41, 5.74) is 1.49. The van der Waals surface area contributed by atoms with Crippen LogP contribution in [0.15, 0.2) is 40.9 Å². The third-order valence-electron chi connectivity index (χ3n) is 3.39. The van der Waals surface area contributed by atoms with Crippen molar-refractivity contribution in [3.05, 3.63) is 52.0 Å². The molecule has 0 saturated carbocycles. The molecule has 24 heavy (non-hydrogen) atoms. The fourth-order valence-corrected chi connectivity index (χ4v) is 2.79. The predicted octanol–water partition coefficient (Wildman–Crippen LogP) is 3.80. The third-order valence-corrected chi connectivity index (χ3v) is 3.98. The second kappa shape index (κ2) is 8.59. The maximum Gasteiger partial charge on any atom is 0.251 e. The van der Waals surface area contributed by atoms with Crippen molar-refractivity contribution >= 4 is 21.8 Å². The molecule has 128 valence electrons. The number of hydrogen-bond acceptors (Lipinski definition) is 4. The Kier molecular flexibility index (Phi) is 6.49. The van der Waals surface area contributed by atoms with Gasteiger partial charge in [0.25, 0.3) is 5.91 Å². The Morgan fingerprint density at radius 3 is 2.42 bits per heavy atom. The lowest BCUT2D eigenvalue weighted by molar-refractivity contribution is 0.0950. The molecule has 0 saturated heterocycles. The molecule has 0 atom stereocenters. The predicted molar refractivity (Wildman–Crippen MR) is 96.0 cm³/mol. The van der Waals surface area contributed by atoms with E-state index in [0.717, 1.165) is 11.3 Å². The number of benzene rings is 2. The van der Waals surface area contributed by atoms with Crippen molar-refractivity contribution in [3.63, 3.8) is 0 Å². The van der Waals surface area contributed by atoms with Gasteiger partial charge in [-0.1, -0.05) is 12.1 Å². The summed E-state index contributed by atoms with van der Waals surface area (Å²) < 4.78 is 16.6. The Labute approximate surface area is 150 Å². The van der Waals surface area contributed by atoms with Crippen LogP contribution >= 0.6 is 15.9 Å². The molecule has 0 aromatic heterocycles. The molecule has 0 heterocycles. The summed E-state index contributed by atoms with van der Waals surface area (Å²) >= 11 is 3.41. The molecule has 0 aliphatic heterocycles. The van der Waals surface area contributed by atoms with Gasteiger partial charge in [0.2, 0.25) is 0 Å². The van der Waals surface area contributed by atoms with Gasteiger partial charge in [-0.25, -0.2) is 0 Å². The fraction of sp³-hybridized carbons (Fsp3) is 0.278. The topological polar surface area (TPSA) is 56.8 Å². The SMILES string of the molecule is CCOc1cc(C(=O)NCc2ccc(OC)cc2)cc(Br)c1OC. The number of rotatable bonds is 7. The van der Waals surface area contributed by atoms with Crippen molar-refractivity contribution in [2.24, 2.45) is 0 Å². The molecule has 1 N–H and O–H groups in total. The average Bonchev–Trinajstić information content (AvgIpc) is 2.60. The number of ether oxygens (including phenoxy) is 3. The molecule has 5 nitrogen and oxygen atoms in total. The van der Waals surface area contributed by atoms with Gasteiger partial charge in [-0.3, -0.25) is 4.79 Å². The van der Waals surface area contributed by atoms with Crippen molar-refractivity contribution < 1.29 is 19.0 Å². The first-order valence-corrected chi connectivity index (χ1v) is 8.29. The van der Waals surface area contributed by atoms with Gasteiger partial charge < -0.3 is 19.5 Å². The summed E-state index contributed by atoms with van der Waals surface area (Å²) in [6.07, 6.45) is 0. The number of nitrogens with one attached hydrogen (secondary N) is 1. The van der Waals surface area contributed by atoms with Crippen LogP contribution in [0.2, 0.25) is 0 Å². The summed E-state index contributed by atoms with van der Waals surface area (Å²) in [6.45, 7) is 2.79. The monoisotopic (exact) mass is 393 g/mol. The Morgan fingerprint density at radius 1 is 1.12 bits per heavy atom. The van der Waals surface area contributed by atoms with Gasteiger partial charge >= 0.3 is 0 Å². The second-order valence-corrected chi connectivity index (χ2v) is 5.81. The zero-order valence-electron chi connectivity index (χ0n) is 13.9. The number of halogens is 1. The van der Waals surface area contributed by atoms with Crippen molar-refractivity contribution in [3.8, 4) is 17.2 Å². The molecule has 2 aromatic rings. The van der Waals surface area contributed by atoms with Gasteiger partial charge in [0.1, 0.15) is 5.75 Å². The molecule has 2 aromatic carbocycles. The van der Waals surface area contributed by atoms with Crippen LogP contribution in [0.5, 0.6) is 17.2 Å². The highest BCUT2D eigenvalue weighted by Crippen LogP contribution is 2.36. The summed E-state index contributed by atoms with van der Waals surface area (Å²) in [7, 11) is 3.18. The van der Waals surface area contributed by atoms with Crippen LogP contribution in [-0.4, -0.2) is 26.7 Å². The Balaban J connectivity index is 2.11. The van der Waals surface area contributed by atoms with Gasteiger partial charge in [0, 0.05) is 12.1 Å². The van der Waals surface area contributed by atoms with Crippen LogP contribution in [0.1, 0.15) is 22.8 Å². The van der Waals surface area contributed by atoms with E-state index in [1.807, 2.05) is 31.2 Å². The first-order valence-electron chi connectivity index (χ1n) is 7.50. The number of hydrogen-bond donors (Lipinski definition) is 1. The molecule has 0 spiro atoms. The van der Waals surface area contributed by atoms with Gasteiger partial charge in [-0.2, -0.15) is 0 Å². The van der Waals surface area contributed by atoms with E-state index >= 15 is 0 Å². The van der Waals surface area contributed by atoms with E-state index in [2.05, 4.69) is 21.2 Å². The Morgan fingerprint density at radius 2 is 1.83 bits per heavy atom. The van der Waals surface area contributed by atoms with Crippen molar-refractivity contribution in [2.75, 3.05) is 20.8 Å². The van der Waals surface area contributed by atoms with E-state index in [0.29, 0.717) is 34.7 Å². The maximum atomic E-state index is 12.4. The minimum absolute atomic E-state index is 0.185. The third kappa shape index (κ3) is 4.41. The van der Waals surface area contributed by atoms with Gasteiger partial charge in [0.05, 0.1) is 25.3 Å². The molecule has 0 aliphatic rings. The van der Waals surface area contributed by atoms with Crippen LogP contribution in [0.25, 0.3) is 0 Å². The standard InChI is InChI=1S/C18H20BrNO4/c1-4-24-16-10-13(9-15(19)17(16)23-3)18(21)20-11-12-5-7-14(22-2)8-6-12/h5-10H,4,11H2,1-3H3,(H,20,21). The van der Waals surface area contributed by atoms with Gasteiger partial charge in [0.15, 0.2) is 11.5 Å². The number of amides is 1. The van der Waals surface area contributed by atoms with Crippen LogP contribution in [0.3, 0.4) is 0 Å². The molecule has 0 unspecified atom stereocenters. The highest BCUT2D eigenvalue weighted by molar-refractivity contribution is 9.10. The summed E-state index contributed by atoms with van der Waals surface area (Å²) in [4.78, 5) is 12.4. The van der Waals surface area contributed by atoms with Crippen molar-refractivity contribution in [1.82, 2.24) is 5.32 Å². The molecule has 0 bridgehead atoms. The van der Waals surface area contributed by atoms with E-state index in [1.54, 1.807) is 26.4 Å². The van der Waals surface area contributed by atoms with Gasteiger partial charge in [-0.15, -0.1) is 0 Å². The van der Waals surface area contributed by atoms with E-state index in [4.69, 9.17) is 14.2 Å². The molecule has 2 rings (SSSR count). The molecule has 6 heteroatoms. The summed E-state index contributed by atoms with van der Waals surface area (Å²) in [5.74, 6) is 1.70. The molecular weight excluding hydrogens is 374 g/mol. The largest absolute Gasteiger partial charge is 0.497 e. The minimum atomic E-state index is -0.185. The minimum Gasteiger partial charge on any atom is -0.497 e. The van der Waals surface area contributed by atoms with Crippen LogP contribution in [0, 0.1) is 0 Å². The number of carbonyl (C=O) groups is 1. The van der Waals surface area contributed by atoms with Crippen LogP contribution in [-0.2, 0) is 6.54 Å². The van der Waals surface area contributed by atoms with Gasteiger partial charge in [-0.05, 0) is 52.7 Å². The first kappa shape index (κ1) is 18.1. The molecule has 0 fully saturated rings. The quantitative estimate of drug-likeness (QED) is 0.777. The number of carbonyl (C=O) groups excluding carboxylic acids is 1. The van der Waals surface area contributed by atoms with E-state index in [1.165, 1.54) is 0 Å². The first-order chi connectivity index (χ1) is 11.6. The highest BCUT2D eigenvalue weighted by atomic mass is 79.9. The van der Waals surface area contributed by atoms with E-state index < -0.39 is 0 Å². The second-order valence-electron chi connectivity index (χ2n) is 4.95. The van der Waals surface area contributed by atoms with Crippen molar-refractivity contribution in [2.45, 2.75) is 13.5 Å². The highest BCUT2D eigenvalue weighted by Gasteiger charge is 2.15. The normalized spacial score (nSPS) is 10.2. The molecule has 0 radical (unpaired) electrons. The Bertz CT molecular complexity index is 701. The number of methoxy groups -OCH3 is 2. The Hall–Kier alpha value is -2.21. The zero-order valence-corrected chi connectivity index (χ0v) is 15.5. The zero-order chi connectivity index (χ0) is 17.5. The van der Waals surface area contributed by atoms with E-state index in [9.17, 15) is 4.79 Å². The lowest BCUT2D eigenvalue weighted by Crippen LogP contribution is -2.22. The van der Waals surface area contributed by atoms with Crippen molar-refractivity contribution in [1.29, 1.82) is 0 Å². The molecule has 1 amide bonds. The lowest BCUT2D eigenvalue weighted by atomic mass is 10.1.